The highest BCUT2D eigenvalue weighted by atomic mass is 32.2. The van der Waals surface area contributed by atoms with Crippen molar-refractivity contribution in [2.24, 2.45) is 0 Å². The van der Waals surface area contributed by atoms with Crippen molar-refractivity contribution < 1.29 is 8.42 Å². The fraction of sp³-hybridized carbons (Fsp3) is 0.625. The van der Waals surface area contributed by atoms with E-state index in [2.05, 4.69) is 31.2 Å². The summed E-state index contributed by atoms with van der Waals surface area (Å²) in [6.07, 6.45) is 5.00. The SMILES string of the molecule is Cc1ccc(C2CCCN2S(=O)(=O)N2CCCCC2)cc1. The van der Waals surface area contributed by atoms with Crippen molar-refractivity contribution >= 4 is 10.2 Å². The number of aryl methyl sites for hydroxylation is 1. The predicted molar refractivity (Wildman–Crippen MR) is 84.2 cm³/mol. The van der Waals surface area contributed by atoms with E-state index in [1.165, 1.54) is 5.56 Å². The van der Waals surface area contributed by atoms with Gasteiger partial charge in [-0.1, -0.05) is 36.2 Å². The lowest BCUT2D eigenvalue weighted by molar-refractivity contribution is 0.296. The average molecular weight is 308 g/mol. The molecule has 0 aromatic heterocycles. The van der Waals surface area contributed by atoms with Crippen LogP contribution in [-0.2, 0) is 10.2 Å². The highest BCUT2D eigenvalue weighted by Gasteiger charge is 2.38. The van der Waals surface area contributed by atoms with Gasteiger partial charge in [-0.25, -0.2) is 0 Å². The Bertz CT molecular complexity index is 577. The first-order valence-corrected chi connectivity index (χ1v) is 9.32. The van der Waals surface area contributed by atoms with E-state index in [0.29, 0.717) is 19.6 Å². The summed E-state index contributed by atoms with van der Waals surface area (Å²) >= 11 is 0. The normalized spacial score (nSPS) is 25.3. The fourth-order valence-corrected chi connectivity index (χ4v) is 5.31. The van der Waals surface area contributed by atoms with Crippen molar-refractivity contribution in [3.8, 4) is 0 Å². The summed E-state index contributed by atoms with van der Waals surface area (Å²) in [6.45, 7) is 4.07. The third-order valence-electron chi connectivity index (χ3n) is 4.60. The van der Waals surface area contributed by atoms with E-state index < -0.39 is 10.2 Å². The Labute approximate surface area is 127 Å². The van der Waals surface area contributed by atoms with E-state index in [-0.39, 0.29) is 6.04 Å². The van der Waals surface area contributed by atoms with Crippen LogP contribution in [0.5, 0.6) is 0 Å². The molecule has 3 rings (SSSR count). The van der Waals surface area contributed by atoms with Crippen molar-refractivity contribution in [3.05, 3.63) is 35.4 Å². The lowest BCUT2D eigenvalue weighted by Gasteiger charge is -2.33. The highest BCUT2D eigenvalue weighted by molar-refractivity contribution is 7.86. The molecule has 0 radical (unpaired) electrons. The Morgan fingerprint density at radius 1 is 0.952 bits per heavy atom. The Hall–Kier alpha value is -0.910. The second kappa shape index (κ2) is 6.07. The van der Waals surface area contributed by atoms with Crippen molar-refractivity contribution in [1.82, 2.24) is 8.61 Å². The number of hydrogen-bond donors (Lipinski definition) is 0. The van der Waals surface area contributed by atoms with Crippen LogP contribution in [0.4, 0.5) is 0 Å². The monoisotopic (exact) mass is 308 g/mol. The van der Waals surface area contributed by atoms with Gasteiger partial charge in [0.25, 0.3) is 10.2 Å². The van der Waals surface area contributed by atoms with E-state index in [1.807, 2.05) is 0 Å². The standard InChI is InChI=1S/C16H24N2O2S/c1-14-7-9-15(10-8-14)16-6-5-13-18(16)21(19,20)17-11-3-2-4-12-17/h7-10,16H,2-6,11-13H2,1H3. The molecule has 0 amide bonds. The molecule has 2 aliphatic rings. The summed E-state index contributed by atoms with van der Waals surface area (Å²) in [4.78, 5) is 0. The summed E-state index contributed by atoms with van der Waals surface area (Å²) in [5.41, 5.74) is 2.33. The largest absolute Gasteiger partial charge is 0.282 e. The van der Waals surface area contributed by atoms with Gasteiger partial charge >= 0.3 is 0 Å². The molecule has 2 saturated heterocycles. The van der Waals surface area contributed by atoms with Gasteiger partial charge in [0.1, 0.15) is 0 Å². The smallest absolute Gasteiger partial charge is 0.195 e. The molecule has 1 atom stereocenters. The molecule has 5 heteroatoms. The topological polar surface area (TPSA) is 40.6 Å². The molecule has 0 N–H and O–H groups in total. The number of piperidine rings is 1. The zero-order chi connectivity index (χ0) is 14.9. The van der Waals surface area contributed by atoms with E-state index in [1.54, 1.807) is 8.61 Å². The molecule has 0 spiro atoms. The molecule has 4 nitrogen and oxygen atoms in total. The first kappa shape index (κ1) is 15.0. The van der Waals surface area contributed by atoms with Crippen LogP contribution < -0.4 is 0 Å². The summed E-state index contributed by atoms with van der Waals surface area (Å²) in [5.74, 6) is 0. The molecule has 1 aromatic rings. The van der Waals surface area contributed by atoms with Gasteiger partial charge < -0.3 is 0 Å². The van der Waals surface area contributed by atoms with Crippen LogP contribution in [0.25, 0.3) is 0 Å². The van der Waals surface area contributed by atoms with Crippen LogP contribution in [0.3, 0.4) is 0 Å². The average Bonchev–Trinajstić information content (AvgIpc) is 2.99. The first-order chi connectivity index (χ1) is 10.1. The maximum Gasteiger partial charge on any atom is 0.282 e. The molecule has 2 heterocycles. The molecule has 21 heavy (non-hydrogen) atoms. The Balaban J connectivity index is 1.84. The third-order valence-corrected chi connectivity index (χ3v) is 6.65. The number of nitrogens with zero attached hydrogens (tertiary/aromatic N) is 2. The van der Waals surface area contributed by atoms with E-state index in [9.17, 15) is 8.42 Å². The van der Waals surface area contributed by atoms with Crippen molar-refractivity contribution in [2.75, 3.05) is 19.6 Å². The maximum atomic E-state index is 12.9. The summed E-state index contributed by atoms with van der Waals surface area (Å²) < 4.78 is 29.2. The minimum absolute atomic E-state index is 0.0116. The number of benzene rings is 1. The zero-order valence-corrected chi connectivity index (χ0v) is 13.5. The van der Waals surface area contributed by atoms with Gasteiger partial charge in [-0.05, 0) is 38.2 Å². The lowest BCUT2D eigenvalue weighted by atomic mass is 10.0. The van der Waals surface area contributed by atoms with Crippen molar-refractivity contribution in [1.29, 1.82) is 0 Å². The molecule has 116 valence electrons. The van der Waals surface area contributed by atoms with Gasteiger partial charge in [0.15, 0.2) is 0 Å². The second-order valence-corrected chi connectivity index (χ2v) is 8.03. The van der Waals surface area contributed by atoms with Crippen molar-refractivity contribution in [2.45, 2.75) is 45.1 Å². The second-order valence-electron chi connectivity index (χ2n) is 6.15. The molecule has 0 saturated carbocycles. The Kier molecular flexibility index (Phi) is 4.33. The third kappa shape index (κ3) is 3.00. The minimum Gasteiger partial charge on any atom is -0.195 e. The highest BCUT2D eigenvalue weighted by Crippen LogP contribution is 2.35. The van der Waals surface area contributed by atoms with Gasteiger partial charge in [-0.3, -0.25) is 0 Å². The van der Waals surface area contributed by atoms with Crippen LogP contribution in [0.15, 0.2) is 24.3 Å². The van der Waals surface area contributed by atoms with Gasteiger partial charge in [-0.2, -0.15) is 17.0 Å². The minimum atomic E-state index is -3.30. The molecule has 0 bridgehead atoms. The number of rotatable bonds is 3. The molecule has 2 aliphatic heterocycles. The summed E-state index contributed by atoms with van der Waals surface area (Å²) in [6, 6.07) is 8.30. The van der Waals surface area contributed by atoms with E-state index >= 15 is 0 Å². The predicted octanol–water partition coefficient (Wildman–Crippen LogP) is 2.86. The van der Waals surface area contributed by atoms with Crippen LogP contribution in [0.2, 0.25) is 0 Å². The molecule has 1 unspecified atom stereocenters. The van der Waals surface area contributed by atoms with Gasteiger partial charge in [-0.15, -0.1) is 0 Å². The molecular weight excluding hydrogens is 284 g/mol. The van der Waals surface area contributed by atoms with E-state index in [4.69, 9.17) is 0 Å². The summed E-state index contributed by atoms with van der Waals surface area (Å²) in [5, 5.41) is 0. The van der Waals surface area contributed by atoms with Gasteiger partial charge in [0.2, 0.25) is 0 Å². The first-order valence-electron chi connectivity index (χ1n) is 7.92. The molecule has 1 aromatic carbocycles. The van der Waals surface area contributed by atoms with E-state index in [0.717, 1.165) is 37.7 Å². The molecule has 2 fully saturated rings. The molecular formula is C16H24N2O2S. The van der Waals surface area contributed by atoms with Crippen LogP contribution in [0.1, 0.15) is 49.3 Å². The maximum absolute atomic E-state index is 12.9. The lowest BCUT2D eigenvalue weighted by Crippen LogP contribution is -2.45. The van der Waals surface area contributed by atoms with Gasteiger partial charge in [0.05, 0.1) is 6.04 Å². The summed E-state index contributed by atoms with van der Waals surface area (Å²) in [7, 11) is -3.30. The Morgan fingerprint density at radius 2 is 1.62 bits per heavy atom. The quantitative estimate of drug-likeness (QED) is 0.861. The zero-order valence-electron chi connectivity index (χ0n) is 12.7. The van der Waals surface area contributed by atoms with Crippen LogP contribution in [-0.4, -0.2) is 36.7 Å². The van der Waals surface area contributed by atoms with Gasteiger partial charge in [0, 0.05) is 19.6 Å². The number of hydrogen-bond acceptors (Lipinski definition) is 2. The fourth-order valence-electron chi connectivity index (χ4n) is 3.38. The van der Waals surface area contributed by atoms with Crippen LogP contribution >= 0.6 is 0 Å². The molecule has 0 aliphatic carbocycles. The van der Waals surface area contributed by atoms with Crippen molar-refractivity contribution in [3.63, 3.8) is 0 Å². The Morgan fingerprint density at radius 3 is 2.29 bits per heavy atom. The van der Waals surface area contributed by atoms with Crippen LogP contribution in [0, 0.1) is 6.92 Å².